The van der Waals surface area contributed by atoms with Gasteiger partial charge in [-0.05, 0) is 107 Å². The van der Waals surface area contributed by atoms with Gasteiger partial charge in [-0.15, -0.1) is 0 Å². The highest BCUT2D eigenvalue weighted by Crippen LogP contribution is 2.37. The Bertz CT molecular complexity index is 1600. The van der Waals surface area contributed by atoms with Crippen molar-refractivity contribution in [2.24, 2.45) is 0 Å². The Kier molecular flexibility index (Phi) is 12.6. The largest absolute Gasteiger partial charge is 0.494 e. The highest BCUT2D eigenvalue weighted by Gasteiger charge is 2.14. The number of benzene rings is 5. The normalized spacial score (nSPS) is 11.1. The molecule has 0 N–H and O–H groups in total. The van der Waals surface area contributed by atoms with E-state index in [4.69, 9.17) is 9.47 Å². The summed E-state index contributed by atoms with van der Waals surface area (Å²) in [5.41, 5.74) is 9.46. The topological polar surface area (TPSA) is 21.7 Å². The Morgan fingerprint density at radius 2 is 0.766 bits per heavy atom. The zero-order valence-corrected chi connectivity index (χ0v) is 28.8. The van der Waals surface area contributed by atoms with Crippen molar-refractivity contribution in [3.63, 3.8) is 0 Å². The molecule has 0 radical (unpaired) electrons. The second kappa shape index (κ2) is 17.4. The highest BCUT2D eigenvalue weighted by atomic mass is 16.5. The van der Waals surface area contributed by atoms with Crippen molar-refractivity contribution >= 4 is 17.1 Å². The molecule has 244 valence electrons. The number of ether oxygens (including phenoxy) is 2. The van der Waals surface area contributed by atoms with Crippen molar-refractivity contribution in [3.05, 3.63) is 127 Å². The lowest BCUT2D eigenvalue weighted by Gasteiger charge is -2.26. The molecule has 5 aromatic rings. The number of rotatable bonds is 17. The van der Waals surface area contributed by atoms with Crippen molar-refractivity contribution in [2.45, 2.75) is 78.6 Å². The minimum atomic E-state index is 0.488. The summed E-state index contributed by atoms with van der Waals surface area (Å²) >= 11 is 0. The number of hydrogen-bond donors (Lipinski definition) is 0. The Labute approximate surface area is 283 Å². The third-order valence-electron chi connectivity index (χ3n) is 8.73. The van der Waals surface area contributed by atoms with Crippen molar-refractivity contribution < 1.29 is 9.47 Å². The van der Waals surface area contributed by atoms with Gasteiger partial charge in [0.1, 0.15) is 11.5 Å². The van der Waals surface area contributed by atoms with E-state index in [2.05, 4.69) is 154 Å². The minimum Gasteiger partial charge on any atom is -0.494 e. The van der Waals surface area contributed by atoms with Gasteiger partial charge < -0.3 is 14.4 Å². The first kappa shape index (κ1) is 33.9. The third-order valence-corrected chi connectivity index (χ3v) is 8.73. The first-order valence-corrected chi connectivity index (χ1v) is 17.6. The van der Waals surface area contributed by atoms with Gasteiger partial charge in [0.05, 0.1) is 13.2 Å². The zero-order valence-electron chi connectivity index (χ0n) is 28.8. The smallest absolute Gasteiger partial charge is 0.119 e. The van der Waals surface area contributed by atoms with Crippen LogP contribution in [-0.2, 0) is 0 Å². The van der Waals surface area contributed by atoms with Gasteiger partial charge in [-0.1, -0.05) is 120 Å². The molecule has 0 heterocycles. The molecular weight excluding hydrogens is 574 g/mol. The average Bonchev–Trinajstić information content (AvgIpc) is 3.12. The lowest BCUT2D eigenvalue weighted by atomic mass is 10.0. The van der Waals surface area contributed by atoms with Crippen molar-refractivity contribution in [3.8, 4) is 33.8 Å². The van der Waals surface area contributed by atoms with Crippen LogP contribution in [-0.4, -0.2) is 13.2 Å². The van der Waals surface area contributed by atoms with Gasteiger partial charge in [-0.2, -0.15) is 0 Å². The molecular formula is C44H51NO2. The molecule has 5 rings (SSSR count). The average molecular weight is 626 g/mol. The Balaban J connectivity index is 1.34. The number of anilines is 3. The van der Waals surface area contributed by atoms with E-state index >= 15 is 0 Å². The zero-order chi connectivity index (χ0) is 32.8. The molecule has 0 bridgehead atoms. The van der Waals surface area contributed by atoms with Crippen LogP contribution in [0.1, 0.15) is 84.1 Å². The number of hydrogen-bond acceptors (Lipinski definition) is 3. The van der Waals surface area contributed by atoms with Gasteiger partial charge in [-0.3, -0.25) is 0 Å². The molecule has 0 fully saturated rings. The van der Waals surface area contributed by atoms with Gasteiger partial charge >= 0.3 is 0 Å². The molecule has 0 aliphatic heterocycles. The Morgan fingerprint density at radius 3 is 1.15 bits per heavy atom. The molecule has 5 aromatic carbocycles. The molecule has 0 atom stereocenters. The SMILES string of the molecule is CCCCCCOc1ccc(-c2ccc(N(c3ccc(-c4ccc(OCCCCC)cc4)cc3)c3ccc(C(C)C)cc3)cc2)cc1. The predicted molar refractivity (Wildman–Crippen MR) is 201 cm³/mol. The maximum Gasteiger partial charge on any atom is 0.119 e. The molecule has 0 saturated heterocycles. The van der Waals surface area contributed by atoms with E-state index in [0.29, 0.717) is 5.92 Å². The first-order chi connectivity index (χ1) is 23.1. The lowest BCUT2D eigenvalue weighted by molar-refractivity contribution is 0.305. The van der Waals surface area contributed by atoms with E-state index in [1.165, 1.54) is 59.9 Å². The van der Waals surface area contributed by atoms with E-state index in [1.54, 1.807) is 0 Å². The van der Waals surface area contributed by atoms with E-state index in [1.807, 2.05) is 0 Å². The second-order valence-corrected chi connectivity index (χ2v) is 12.7. The second-order valence-electron chi connectivity index (χ2n) is 12.7. The van der Waals surface area contributed by atoms with E-state index in [0.717, 1.165) is 54.6 Å². The van der Waals surface area contributed by atoms with Gasteiger partial charge in [0.15, 0.2) is 0 Å². The van der Waals surface area contributed by atoms with Gasteiger partial charge in [-0.25, -0.2) is 0 Å². The van der Waals surface area contributed by atoms with Gasteiger partial charge in [0, 0.05) is 17.1 Å². The molecule has 0 aliphatic rings. The van der Waals surface area contributed by atoms with Gasteiger partial charge in [0.2, 0.25) is 0 Å². The van der Waals surface area contributed by atoms with Crippen LogP contribution in [0.4, 0.5) is 17.1 Å². The standard InChI is InChI=1S/C44H51NO2/c1-5-7-9-11-33-47-44-30-20-39(21-31-44)37-16-26-42(27-17-37)45(40-22-12-35(13-23-40)34(3)4)41-24-14-36(15-25-41)38-18-28-43(29-19-38)46-32-10-8-6-2/h12-31,34H,5-11,32-33H2,1-4H3. The minimum absolute atomic E-state index is 0.488. The van der Waals surface area contributed by atoms with Crippen LogP contribution in [0.3, 0.4) is 0 Å². The van der Waals surface area contributed by atoms with Crippen molar-refractivity contribution in [2.75, 3.05) is 18.1 Å². The van der Waals surface area contributed by atoms with Crippen LogP contribution in [0.15, 0.2) is 121 Å². The molecule has 0 unspecified atom stereocenters. The number of unbranched alkanes of at least 4 members (excludes halogenated alkanes) is 5. The molecule has 0 aliphatic carbocycles. The fourth-order valence-corrected chi connectivity index (χ4v) is 5.81. The molecule has 3 heteroatoms. The summed E-state index contributed by atoms with van der Waals surface area (Å²) in [5.74, 6) is 2.36. The molecule has 0 aromatic heterocycles. The van der Waals surface area contributed by atoms with Crippen LogP contribution in [0, 0.1) is 0 Å². The Hall–Kier alpha value is -4.50. The van der Waals surface area contributed by atoms with E-state index in [9.17, 15) is 0 Å². The van der Waals surface area contributed by atoms with Crippen LogP contribution in [0.25, 0.3) is 22.3 Å². The highest BCUT2D eigenvalue weighted by molar-refractivity contribution is 5.80. The Morgan fingerprint density at radius 1 is 0.426 bits per heavy atom. The van der Waals surface area contributed by atoms with E-state index in [-0.39, 0.29) is 0 Å². The molecule has 0 amide bonds. The van der Waals surface area contributed by atoms with Crippen molar-refractivity contribution in [1.29, 1.82) is 0 Å². The van der Waals surface area contributed by atoms with Gasteiger partial charge in [0.25, 0.3) is 0 Å². The summed E-state index contributed by atoms with van der Waals surface area (Å²) in [5, 5.41) is 0. The maximum atomic E-state index is 5.97. The maximum absolute atomic E-state index is 5.97. The lowest BCUT2D eigenvalue weighted by Crippen LogP contribution is -2.10. The fraction of sp³-hybridized carbons (Fsp3) is 0.318. The van der Waals surface area contributed by atoms with E-state index < -0.39 is 0 Å². The summed E-state index contributed by atoms with van der Waals surface area (Å²) in [6.45, 7) is 10.5. The fourth-order valence-electron chi connectivity index (χ4n) is 5.81. The molecule has 3 nitrogen and oxygen atoms in total. The third kappa shape index (κ3) is 9.51. The van der Waals surface area contributed by atoms with Crippen LogP contribution >= 0.6 is 0 Å². The summed E-state index contributed by atoms with van der Waals surface area (Å²) in [6.07, 6.45) is 8.36. The van der Waals surface area contributed by atoms with Crippen LogP contribution in [0.2, 0.25) is 0 Å². The predicted octanol–water partition coefficient (Wildman–Crippen LogP) is 13.1. The quantitative estimate of drug-likeness (QED) is 0.0960. The summed E-state index contributed by atoms with van der Waals surface area (Å²) < 4.78 is 11.9. The number of nitrogens with zero attached hydrogens (tertiary/aromatic N) is 1. The molecule has 47 heavy (non-hydrogen) atoms. The summed E-state index contributed by atoms with van der Waals surface area (Å²) in [7, 11) is 0. The van der Waals surface area contributed by atoms with Crippen molar-refractivity contribution in [1.82, 2.24) is 0 Å². The first-order valence-electron chi connectivity index (χ1n) is 17.6. The summed E-state index contributed by atoms with van der Waals surface area (Å²) in [6, 6.07) is 43.6. The van der Waals surface area contributed by atoms with Crippen LogP contribution in [0.5, 0.6) is 11.5 Å². The molecule has 0 saturated carbocycles. The van der Waals surface area contributed by atoms with Crippen LogP contribution < -0.4 is 14.4 Å². The molecule has 0 spiro atoms. The summed E-state index contributed by atoms with van der Waals surface area (Å²) in [4.78, 5) is 2.33. The monoisotopic (exact) mass is 625 g/mol.